The number of hydrogen-bond donors (Lipinski definition) is 0. The van der Waals surface area contributed by atoms with Crippen molar-refractivity contribution in [2.75, 3.05) is 0 Å². The SMILES string of the molecule is Cc1ccccc1CSc1nc(Cl)nc(C)c1[N+](=O)[O-]. The summed E-state index contributed by atoms with van der Waals surface area (Å²) in [6.07, 6.45) is 0. The van der Waals surface area contributed by atoms with E-state index in [9.17, 15) is 10.1 Å². The Morgan fingerprint density at radius 3 is 2.65 bits per heavy atom. The lowest BCUT2D eigenvalue weighted by atomic mass is 10.1. The first-order chi connectivity index (χ1) is 9.49. The molecule has 0 radical (unpaired) electrons. The highest BCUT2D eigenvalue weighted by Gasteiger charge is 2.22. The van der Waals surface area contributed by atoms with Crippen molar-refractivity contribution in [2.24, 2.45) is 0 Å². The van der Waals surface area contributed by atoms with E-state index in [0.717, 1.165) is 11.1 Å². The van der Waals surface area contributed by atoms with Gasteiger partial charge in [0.25, 0.3) is 0 Å². The number of aryl methyl sites for hydroxylation is 2. The van der Waals surface area contributed by atoms with E-state index in [2.05, 4.69) is 9.97 Å². The number of rotatable bonds is 4. The van der Waals surface area contributed by atoms with E-state index < -0.39 is 4.92 Å². The highest BCUT2D eigenvalue weighted by molar-refractivity contribution is 7.98. The smallest absolute Gasteiger partial charge is 0.258 e. The highest BCUT2D eigenvalue weighted by Crippen LogP contribution is 2.32. The van der Waals surface area contributed by atoms with E-state index in [1.54, 1.807) is 6.92 Å². The normalized spacial score (nSPS) is 10.6. The minimum atomic E-state index is -0.466. The maximum absolute atomic E-state index is 11.1. The summed E-state index contributed by atoms with van der Waals surface area (Å²) in [7, 11) is 0. The van der Waals surface area contributed by atoms with Crippen LogP contribution in [-0.4, -0.2) is 14.9 Å². The molecule has 0 aliphatic rings. The van der Waals surface area contributed by atoms with Crippen molar-refractivity contribution < 1.29 is 4.92 Å². The Morgan fingerprint density at radius 2 is 2.00 bits per heavy atom. The number of hydrogen-bond acceptors (Lipinski definition) is 5. The van der Waals surface area contributed by atoms with E-state index in [-0.39, 0.29) is 16.7 Å². The summed E-state index contributed by atoms with van der Waals surface area (Å²) >= 11 is 7.08. The molecular formula is C13H12ClN3O2S. The van der Waals surface area contributed by atoms with Gasteiger partial charge in [0.1, 0.15) is 5.69 Å². The van der Waals surface area contributed by atoms with Crippen LogP contribution in [0.3, 0.4) is 0 Å². The molecule has 0 amide bonds. The largest absolute Gasteiger partial charge is 0.322 e. The van der Waals surface area contributed by atoms with E-state index in [4.69, 9.17) is 11.6 Å². The average Bonchev–Trinajstić information content (AvgIpc) is 2.36. The lowest BCUT2D eigenvalue weighted by molar-refractivity contribution is -0.389. The van der Waals surface area contributed by atoms with Crippen LogP contribution in [0.4, 0.5) is 5.69 Å². The molecule has 1 aromatic carbocycles. The maximum Gasteiger partial charge on any atom is 0.322 e. The van der Waals surface area contributed by atoms with Gasteiger partial charge in [0, 0.05) is 5.75 Å². The Hall–Kier alpha value is -1.66. The van der Waals surface area contributed by atoms with Crippen molar-refractivity contribution in [1.82, 2.24) is 9.97 Å². The monoisotopic (exact) mass is 309 g/mol. The summed E-state index contributed by atoms with van der Waals surface area (Å²) in [6, 6.07) is 7.89. The molecule has 0 N–H and O–H groups in total. The van der Waals surface area contributed by atoms with Crippen molar-refractivity contribution in [2.45, 2.75) is 24.6 Å². The predicted molar refractivity (Wildman–Crippen MR) is 79.2 cm³/mol. The topological polar surface area (TPSA) is 68.9 Å². The second-order valence-electron chi connectivity index (χ2n) is 4.20. The quantitative estimate of drug-likeness (QED) is 0.281. The van der Waals surface area contributed by atoms with Gasteiger partial charge in [-0.1, -0.05) is 36.0 Å². The minimum Gasteiger partial charge on any atom is -0.258 e. The van der Waals surface area contributed by atoms with Crippen LogP contribution in [0.15, 0.2) is 29.3 Å². The molecule has 104 valence electrons. The Morgan fingerprint density at radius 1 is 1.30 bits per heavy atom. The lowest BCUT2D eigenvalue weighted by Gasteiger charge is -2.06. The third-order valence-corrected chi connectivity index (χ3v) is 3.99. The van der Waals surface area contributed by atoms with E-state index >= 15 is 0 Å². The summed E-state index contributed by atoms with van der Waals surface area (Å²) in [5.74, 6) is 0.598. The van der Waals surface area contributed by atoms with E-state index in [0.29, 0.717) is 10.8 Å². The van der Waals surface area contributed by atoms with Crippen LogP contribution in [0.25, 0.3) is 0 Å². The summed E-state index contributed by atoms with van der Waals surface area (Å²) in [4.78, 5) is 18.4. The van der Waals surface area contributed by atoms with Crippen LogP contribution in [0, 0.1) is 24.0 Å². The molecule has 7 heteroatoms. The van der Waals surface area contributed by atoms with Gasteiger partial charge in [0.2, 0.25) is 5.28 Å². The lowest BCUT2D eigenvalue weighted by Crippen LogP contribution is -2.00. The van der Waals surface area contributed by atoms with Crippen LogP contribution in [0.2, 0.25) is 5.28 Å². The van der Waals surface area contributed by atoms with Gasteiger partial charge in [0.15, 0.2) is 5.03 Å². The van der Waals surface area contributed by atoms with Gasteiger partial charge in [-0.25, -0.2) is 9.97 Å². The molecule has 2 rings (SSSR count). The second-order valence-corrected chi connectivity index (χ2v) is 5.51. The number of halogens is 1. The first-order valence-corrected chi connectivity index (χ1v) is 7.21. The molecule has 2 aromatic rings. The van der Waals surface area contributed by atoms with Gasteiger partial charge in [0.05, 0.1) is 4.92 Å². The molecule has 20 heavy (non-hydrogen) atoms. The molecule has 1 heterocycles. The number of nitro groups is 1. The molecule has 0 unspecified atom stereocenters. The van der Waals surface area contributed by atoms with Gasteiger partial charge < -0.3 is 0 Å². The molecule has 0 saturated carbocycles. The summed E-state index contributed by atoms with van der Waals surface area (Å²) < 4.78 is 0. The van der Waals surface area contributed by atoms with Crippen molar-refractivity contribution in [1.29, 1.82) is 0 Å². The molecule has 1 aromatic heterocycles. The van der Waals surface area contributed by atoms with Crippen molar-refractivity contribution in [3.05, 3.63) is 56.5 Å². The summed E-state index contributed by atoms with van der Waals surface area (Å²) in [6.45, 7) is 3.56. The molecule has 0 atom stereocenters. The van der Waals surface area contributed by atoms with Crippen LogP contribution in [-0.2, 0) is 5.75 Å². The van der Waals surface area contributed by atoms with Crippen molar-refractivity contribution in [3.8, 4) is 0 Å². The van der Waals surface area contributed by atoms with Gasteiger partial charge >= 0.3 is 5.69 Å². The fourth-order valence-electron chi connectivity index (χ4n) is 1.74. The molecule has 0 fully saturated rings. The first-order valence-electron chi connectivity index (χ1n) is 5.85. The highest BCUT2D eigenvalue weighted by atomic mass is 35.5. The van der Waals surface area contributed by atoms with E-state index in [1.807, 2.05) is 31.2 Å². The number of benzene rings is 1. The van der Waals surface area contributed by atoms with Gasteiger partial charge in [-0.05, 0) is 36.6 Å². The fourth-order valence-corrected chi connectivity index (χ4v) is 3.12. The first kappa shape index (κ1) is 14.7. The van der Waals surface area contributed by atoms with Crippen LogP contribution in [0.1, 0.15) is 16.8 Å². The van der Waals surface area contributed by atoms with Crippen LogP contribution >= 0.6 is 23.4 Å². The zero-order chi connectivity index (χ0) is 14.7. The van der Waals surface area contributed by atoms with E-state index in [1.165, 1.54) is 11.8 Å². The Kier molecular flexibility index (Phi) is 4.57. The Bertz CT molecular complexity index is 664. The second kappa shape index (κ2) is 6.19. The molecule has 0 saturated heterocycles. The number of thioether (sulfide) groups is 1. The van der Waals surface area contributed by atoms with Crippen molar-refractivity contribution in [3.63, 3.8) is 0 Å². The minimum absolute atomic E-state index is 0.0281. The van der Waals surface area contributed by atoms with Crippen LogP contribution in [0.5, 0.6) is 0 Å². The molecule has 0 aliphatic carbocycles. The van der Waals surface area contributed by atoms with Crippen molar-refractivity contribution >= 4 is 29.1 Å². The standard InChI is InChI=1S/C13H12ClN3O2S/c1-8-5-3-4-6-10(8)7-20-12-11(17(18)19)9(2)15-13(14)16-12/h3-6H,7H2,1-2H3. The third-order valence-electron chi connectivity index (χ3n) is 2.81. The number of aromatic nitrogens is 2. The predicted octanol–water partition coefficient (Wildman–Crippen LogP) is 3.95. The summed E-state index contributed by atoms with van der Waals surface area (Å²) in [5.41, 5.74) is 2.45. The molecule has 0 spiro atoms. The van der Waals surface area contributed by atoms with Gasteiger partial charge in [-0.3, -0.25) is 10.1 Å². The molecular weight excluding hydrogens is 298 g/mol. The molecule has 0 aliphatic heterocycles. The fraction of sp³-hybridized carbons (Fsp3) is 0.231. The zero-order valence-corrected chi connectivity index (χ0v) is 12.5. The maximum atomic E-state index is 11.1. The third kappa shape index (κ3) is 3.26. The Balaban J connectivity index is 2.30. The molecule has 0 bridgehead atoms. The van der Waals surface area contributed by atoms with Gasteiger partial charge in [-0.15, -0.1) is 0 Å². The molecule has 5 nitrogen and oxygen atoms in total. The zero-order valence-electron chi connectivity index (χ0n) is 11.0. The Labute approximate surface area is 125 Å². The number of nitrogens with zero attached hydrogens (tertiary/aromatic N) is 3. The van der Waals surface area contributed by atoms with Gasteiger partial charge in [-0.2, -0.15) is 0 Å². The average molecular weight is 310 g/mol. The summed E-state index contributed by atoms with van der Waals surface area (Å²) in [5, 5.41) is 11.4. The van der Waals surface area contributed by atoms with Crippen LogP contribution < -0.4 is 0 Å².